The highest BCUT2D eigenvalue weighted by Gasteiger charge is 2.06. The van der Waals surface area contributed by atoms with Crippen molar-refractivity contribution in [1.82, 2.24) is 9.97 Å². The Bertz CT molecular complexity index is 807. The molecule has 0 atom stereocenters. The first-order valence-corrected chi connectivity index (χ1v) is 8.00. The first-order chi connectivity index (χ1) is 11.2. The smallest absolute Gasteiger partial charge is 0.220 e. The van der Waals surface area contributed by atoms with Gasteiger partial charge < -0.3 is 10.5 Å². The number of rotatable bonds is 6. The van der Waals surface area contributed by atoms with Gasteiger partial charge in [0.2, 0.25) is 5.95 Å². The number of halogens is 1. The minimum atomic E-state index is 0.325. The summed E-state index contributed by atoms with van der Waals surface area (Å²) in [4.78, 5) is 8.63. The van der Waals surface area contributed by atoms with Crippen LogP contribution in [-0.4, -0.2) is 16.6 Å². The van der Waals surface area contributed by atoms with Crippen LogP contribution in [0.4, 0.5) is 5.95 Å². The average molecular weight is 328 g/mol. The number of aromatic nitrogens is 2. The predicted octanol–water partition coefficient (Wildman–Crippen LogP) is 4.27. The van der Waals surface area contributed by atoms with Crippen LogP contribution in [0.25, 0.3) is 10.9 Å². The van der Waals surface area contributed by atoms with Crippen molar-refractivity contribution < 1.29 is 4.74 Å². The maximum atomic E-state index is 6.06. The Kier molecular flexibility index (Phi) is 4.93. The highest BCUT2D eigenvalue weighted by molar-refractivity contribution is 6.32. The molecule has 5 heteroatoms. The molecule has 1 aromatic heterocycles. The zero-order valence-electron chi connectivity index (χ0n) is 12.7. The third kappa shape index (κ3) is 3.90. The van der Waals surface area contributed by atoms with Gasteiger partial charge in [0, 0.05) is 5.39 Å². The lowest BCUT2D eigenvalue weighted by atomic mass is 10.1. The Morgan fingerprint density at radius 1 is 0.957 bits per heavy atom. The van der Waals surface area contributed by atoms with Gasteiger partial charge in [-0.2, -0.15) is 0 Å². The summed E-state index contributed by atoms with van der Waals surface area (Å²) >= 11 is 6.06. The van der Waals surface area contributed by atoms with E-state index in [0.29, 0.717) is 17.6 Å². The number of aryl methyl sites for hydroxylation is 1. The second-order valence-corrected chi connectivity index (χ2v) is 5.69. The summed E-state index contributed by atoms with van der Waals surface area (Å²) in [6.07, 6.45) is 2.73. The number of nitrogens with two attached hydrogens (primary N) is 1. The largest absolute Gasteiger partial charge is 0.492 e. The van der Waals surface area contributed by atoms with Crippen molar-refractivity contribution in [1.29, 1.82) is 0 Å². The molecule has 3 rings (SSSR count). The van der Waals surface area contributed by atoms with Gasteiger partial charge in [0.15, 0.2) is 0 Å². The lowest BCUT2D eigenvalue weighted by Crippen LogP contribution is -2.03. The van der Waals surface area contributed by atoms with Crippen molar-refractivity contribution in [3.63, 3.8) is 0 Å². The molecule has 0 bridgehead atoms. The number of nitrogen functional groups attached to an aromatic ring is 1. The minimum Gasteiger partial charge on any atom is -0.492 e. The summed E-state index contributed by atoms with van der Waals surface area (Å²) in [5, 5.41) is 1.70. The highest BCUT2D eigenvalue weighted by Crippen LogP contribution is 2.23. The van der Waals surface area contributed by atoms with E-state index in [1.807, 2.05) is 48.5 Å². The first kappa shape index (κ1) is 15.6. The first-order valence-electron chi connectivity index (χ1n) is 7.62. The number of anilines is 1. The lowest BCUT2D eigenvalue weighted by Gasteiger charge is -2.08. The van der Waals surface area contributed by atoms with Gasteiger partial charge in [-0.1, -0.05) is 41.9 Å². The second-order valence-electron chi connectivity index (χ2n) is 5.28. The van der Waals surface area contributed by atoms with Crippen LogP contribution in [0.1, 0.15) is 18.5 Å². The second kappa shape index (κ2) is 7.29. The minimum absolute atomic E-state index is 0.325. The van der Waals surface area contributed by atoms with Gasteiger partial charge in [0.1, 0.15) is 5.75 Å². The van der Waals surface area contributed by atoms with Crippen LogP contribution < -0.4 is 10.5 Å². The Morgan fingerprint density at radius 2 is 1.74 bits per heavy atom. The highest BCUT2D eigenvalue weighted by atomic mass is 35.5. The number of benzene rings is 2. The fraction of sp³-hybridized carbons (Fsp3) is 0.222. The van der Waals surface area contributed by atoms with E-state index in [1.54, 1.807) is 0 Å². The van der Waals surface area contributed by atoms with Crippen molar-refractivity contribution in [2.75, 3.05) is 12.3 Å². The number of fused-ring (bicyclic) bond motifs is 1. The predicted molar refractivity (Wildman–Crippen MR) is 93.8 cm³/mol. The summed E-state index contributed by atoms with van der Waals surface area (Å²) in [6.45, 7) is 0.627. The third-order valence-electron chi connectivity index (χ3n) is 3.60. The number of ether oxygens (including phenoxy) is 1. The fourth-order valence-electron chi connectivity index (χ4n) is 2.49. The normalized spacial score (nSPS) is 10.8. The number of nitrogens with zero attached hydrogens (tertiary/aromatic N) is 2. The number of unbranched alkanes of at least 4 members (excludes halogenated alkanes) is 1. The summed E-state index contributed by atoms with van der Waals surface area (Å²) in [5.74, 6) is 1.05. The molecular weight excluding hydrogens is 310 g/mol. The Morgan fingerprint density at radius 3 is 2.61 bits per heavy atom. The molecular formula is C18H18ClN3O. The zero-order valence-corrected chi connectivity index (χ0v) is 13.5. The molecule has 0 saturated heterocycles. The molecule has 0 saturated carbocycles. The van der Waals surface area contributed by atoms with Gasteiger partial charge in [-0.15, -0.1) is 0 Å². The Balaban J connectivity index is 1.56. The van der Waals surface area contributed by atoms with Crippen LogP contribution in [0.15, 0.2) is 48.5 Å². The SMILES string of the molecule is Nc1nc(CCCCOc2ccccc2Cl)c2ccccc2n1. The molecule has 0 fully saturated rings. The summed E-state index contributed by atoms with van der Waals surface area (Å²) in [6, 6.07) is 15.4. The Hall–Kier alpha value is -2.33. The fourth-order valence-corrected chi connectivity index (χ4v) is 2.68. The van der Waals surface area contributed by atoms with Gasteiger partial charge in [0.05, 0.1) is 22.8 Å². The molecule has 2 N–H and O–H groups in total. The van der Waals surface area contributed by atoms with Crippen LogP contribution in [-0.2, 0) is 6.42 Å². The van der Waals surface area contributed by atoms with Crippen LogP contribution >= 0.6 is 11.6 Å². The van der Waals surface area contributed by atoms with E-state index in [-0.39, 0.29) is 0 Å². The number of hydrogen-bond acceptors (Lipinski definition) is 4. The summed E-state index contributed by atoms with van der Waals surface area (Å²) < 4.78 is 5.70. The maximum Gasteiger partial charge on any atom is 0.220 e. The van der Waals surface area contributed by atoms with Gasteiger partial charge in [-0.25, -0.2) is 9.97 Å². The van der Waals surface area contributed by atoms with Crippen molar-refractivity contribution in [2.45, 2.75) is 19.3 Å². The zero-order chi connectivity index (χ0) is 16.1. The van der Waals surface area contributed by atoms with Gasteiger partial charge in [0.25, 0.3) is 0 Å². The third-order valence-corrected chi connectivity index (χ3v) is 3.91. The van der Waals surface area contributed by atoms with E-state index in [0.717, 1.165) is 41.6 Å². The molecule has 118 valence electrons. The van der Waals surface area contributed by atoms with E-state index in [4.69, 9.17) is 22.1 Å². The van der Waals surface area contributed by atoms with E-state index in [9.17, 15) is 0 Å². The molecule has 0 amide bonds. The summed E-state index contributed by atoms with van der Waals surface area (Å²) in [5.41, 5.74) is 7.67. The van der Waals surface area contributed by atoms with E-state index >= 15 is 0 Å². The molecule has 0 radical (unpaired) electrons. The van der Waals surface area contributed by atoms with Gasteiger partial charge in [-0.05, 0) is 37.5 Å². The number of hydrogen-bond donors (Lipinski definition) is 1. The Labute approximate surface area is 140 Å². The molecule has 4 nitrogen and oxygen atoms in total. The molecule has 23 heavy (non-hydrogen) atoms. The van der Waals surface area contributed by atoms with Crippen LogP contribution in [0, 0.1) is 0 Å². The molecule has 2 aromatic carbocycles. The maximum absolute atomic E-state index is 6.06. The molecule has 3 aromatic rings. The van der Waals surface area contributed by atoms with E-state index in [1.165, 1.54) is 0 Å². The molecule has 1 heterocycles. The van der Waals surface area contributed by atoms with Crippen molar-refractivity contribution in [3.8, 4) is 5.75 Å². The van der Waals surface area contributed by atoms with Crippen LogP contribution in [0.5, 0.6) is 5.75 Å². The van der Waals surface area contributed by atoms with Crippen LogP contribution in [0.3, 0.4) is 0 Å². The molecule has 0 spiro atoms. The molecule has 0 aliphatic heterocycles. The monoisotopic (exact) mass is 327 g/mol. The topological polar surface area (TPSA) is 61.0 Å². The van der Waals surface area contributed by atoms with Crippen LogP contribution in [0.2, 0.25) is 5.02 Å². The van der Waals surface area contributed by atoms with Gasteiger partial charge >= 0.3 is 0 Å². The van der Waals surface area contributed by atoms with E-state index < -0.39 is 0 Å². The molecule has 0 unspecified atom stereocenters. The van der Waals surface area contributed by atoms with Crippen molar-refractivity contribution in [3.05, 3.63) is 59.2 Å². The average Bonchev–Trinajstić information content (AvgIpc) is 2.56. The number of para-hydroxylation sites is 2. The van der Waals surface area contributed by atoms with Gasteiger partial charge in [-0.3, -0.25) is 0 Å². The van der Waals surface area contributed by atoms with Crippen molar-refractivity contribution >= 4 is 28.5 Å². The standard InChI is InChI=1S/C18H18ClN3O/c19-14-8-2-4-11-17(14)23-12-6-5-10-16-13-7-1-3-9-15(13)21-18(20)22-16/h1-4,7-9,11H,5-6,10,12H2,(H2,20,21,22). The van der Waals surface area contributed by atoms with E-state index in [2.05, 4.69) is 9.97 Å². The lowest BCUT2D eigenvalue weighted by molar-refractivity contribution is 0.307. The molecule has 0 aliphatic rings. The summed E-state index contributed by atoms with van der Waals surface area (Å²) in [7, 11) is 0. The van der Waals surface area contributed by atoms with Crippen molar-refractivity contribution in [2.24, 2.45) is 0 Å². The quantitative estimate of drug-likeness (QED) is 0.687. The molecule has 0 aliphatic carbocycles.